The minimum atomic E-state index is 0. The lowest BCUT2D eigenvalue weighted by molar-refractivity contribution is 0.415. The quantitative estimate of drug-likeness (QED) is 0.655. The number of halogens is 1. The van der Waals surface area contributed by atoms with Gasteiger partial charge in [0, 0.05) is 12.7 Å². The minimum Gasteiger partial charge on any atom is -0.497 e. The molecular formula is C8H13IN2O. The number of anilines is 1. The van der Waals surface area contributed by atoms with E-state index >= 15 is 0 Å². The van der Waals surface area contributed by atoms with Crippen LogP contribution in [-0.4, -0.2) is 14.2 Å². The van der Waals surface area contributed by atoms with Crippen molar-refractivity contribution in [3.63, 3.8) is 0 Å². The van der Waals surface area contributed by atoms with Crippen LogP contribution in [0.15, 0.2) is 24.3 Å². The topological polar surface area (TPSA) is 33.3 Å². The average molecular weight is 280 g/mol. The van der Waals surface area contributed by atoms with Crippen LogP contribution in [0, 0.1) is 0 Å². The second-order valence-electron chi connectivity index (χ2n) is 2.10. The summed E-state index contributed by atoms with van der Waals surface area (Å²) in [5.74, 6) is 0.867. The van der Waals surface area contributed by atoms with Gasteiger partial charge in [0.15, 0.2) is 0 Å². The third kappa shape index (κ3) is 3.27. The van der Waals surface area contributed by atoms with Gasteiger partial charge in [0.25, 0.3) is 0 Å². The Bertz CT molecular complexity index is 213. The fraction of sp³-hybridized carbons (Fsp3) is 0.250. The Balaban J connectivity index is 0.00000121. The van der Waals surface area contributed by atoms with E-state index < -0.39 is 0 Å². The monoisotopic (exact) mass is 280 g/mol. The summed E-state index contributed by atoms with van der Waals surface area (Å²) in [7, 11) is 3.48. The van der Waals surface area contributed by atoms with Crippen molar-refractivity contribution in [1.82, 2.24) is 5.43 Å². The fourth-order valence-electron chi connectivity index (χ4n) is 0.819. The van der Waals surface area contributed by atoms with Crippen LogP contribution < -0.4 is 15.6 Å². The van der Waals surface area contributed by atoms with Gasteiger partial charge in [-0.2, -0.15) is 0 Å². The lowest BCUT2D eigenvalue weighted by Crippen LogP contribution is -2.14. The number of hydrogen-bond donors (Lipinski definition) is 2. The third-order valence-corrected chi connectivity index (χ3v) is 1.36. The molecule has 1 aromatic carbocycles. The number of nitrogens with one attached hydrogen (secondary N) is 2. The van der Waals surface area contributed by atoms with E-state index in [-0.39, 0.29) is 24.0 Å². The first-order chi connectivity index (χ1) is 5.36. The molecule has 0 aliphatic heterocycles. The van der Waals surface area contributed by atoms with Gasteiger partial charge in [-0.3, -0.25) is 0 Å². The highest BCUT2D eigenvalue weighted by Crippen LogP contribution is 2.13. The number of ether oxygens (including phenoxy) is 1. The molecule has 12 heavy (non-hydrogen) atoms. The molecule has 68 valence electrons. The lowest BCUT2D eigenvalue weighted by atomic mass is 10.3. The second kappa shape index (κ2) is 6.07. The first-order valence-electron chi connectivity index (χ1n) is 3.43. The van der Waals surface area contributed by atoms with Crippen LogP contribution in [0.1, 0.15) is 0 Å². The number of methoxy groups -OCH3 is 1. The van der Waals surface area contributed by atoms with Crippen LogP contribution in [0.2, 0.25) is 0 Å². The van der Waals surface area contributed by atoms with Crippen molar-refractivity contribution in [3.05, 3.63) is 24.3 Å². The zero-order valence-electron chi connectivity index (χ0n) is 7.13. The van der Waals surface area contributed by atoms with Gasteiger partial charge in [0.05, 0.1) is 7.11 Å². The standard InChI is InChI=1S/C8H12N2O.HI/c1-9-10-7-3-5-8(11-2)6-4-7;/h3-6,9-10H,1-2H3;1H. The second-order valence-corrected chi connectivity index (χ2v) is 2.10. The van der Waals surface area contributed by atoms with Gasteiger partial charge in [-0.15, -0.1) is 24.0 Å². The number of hydrazine groups is 1. The van der Waals surface area contributed by atoms with Gasteiger partial charge in [-0.05, 0) is 24.3 Å². The molecule has 0 spiro atoms. The number of benzene rings is 1. The molecular weight excluding hydrogens is 267 g/mol. The molecule has 0 aliphatic carbocycles. The van der Waals surface area contributed by atoms with Crippen LogP contribution in [0.3, 0.4) is 0 Å². The van der Waals surface area contributed by atoms with E-state index in [1.807, 2.05) is 31.3 Å². The summed E-state index contributed by atoms with van der Waals surface area (Å²) in [4.78, 5) is 0. The molecule has 0 saturated heterocycles. The molecule has 3 nitrogen and oxygen atoms in total. The highest BCUT2D eigenvalue weighted by molar-refractivity contribution is 14.0. The Hall–Kier alpha value is -0.490. The molecule has 1 rings (SSSR count). The molecule has 0 atom stereocenters. The van der Waals surface area contributed by atoms with Crippen molar-refractivity contribution in [2.24, 2.45) is 0 Å². The summed E-state index contributed by atoms with van der Waals surface area (Å²) in [6.45, 7) is 0. The Labute approximate surface area is 89.5 Å². The summed E-state index contributed by atoms with van der Waals surface area (Å²) >= 11 is 0. The highest BCUT2D eigenvalue weighted by atomic mass is 127. The summed E-state index contributed by atoms with van der Waals surface area (Å²) in [6, 6.07) is 7.68. The molecule has 0 heterocycles. The molecule has 0 fully saturated rings. The molecule has 0 saturated carbocycles. The molecule has 0 radical (unpaired) electrons. The number of hydrogen-bond acceptors (Lipinski definition) is 3. The van der Waals surface area contributed by atoms with Gasteiger partial charge < -0.3 is 10.2 Å². The molecule has 4 heteroatoms. The smallest absolute Gasteiger partial charge is 0.119 e. The Morgan fingerprint density at radius 1 is 1.17 bits per heavy atom. The predicted octanol–water partition coefficient (Wildman–Crippen LogP) is 1.86. The van der Waals surface area contributed by atoms with Crippen molar-refractivity contribution in [2.45, 2.75) is 0 Å². The molecule has 0 amide bonds. The van der Waals surface area contributed by atoms with E-state index in [2.05, 4.69) is 10.9 Å². The van der Waals surface area contributed by atoms with Crippen LogP contribution in [-0.2, 0) is 0 Å². The van der Waals surface area contributed by atoms with Crippen molar-refractivity contribution in [2.75, 3.05) is 19.6 Å². The maximum Gasteiger partial charge on any atom is 0.119 e. The Morgan fingerprint density at radius 2 is 1.75 bits per heavy atom. The third-order valence-electron chi connectivity index (χ3n) is 1.36. The average Bonchev–Trinajstić information content (AvgIpc) is 2.07. The maximum absolute atomic E-state index is 5.00. The van der Waals surface area contributed by atoms with E-state index in [1.165, 1.54) is 0 Å². The van der Waals surface area contributed by atoms with Crippen molar-refractivity contribution in [3.8, 4) is 5.75 Å². The fourth-order valence-corrected chi connectivity index (χ4v) is 0.819. The maximum atomic E-state index is 5.00. The Morgan fingerprint density at radius 3 is 2.17 bits per heavy atom. The van der Waals surface area contributed by atoms with Gasteiger partial charge in [0.2, 0.25) is 0 Å². The van der Waals surface area contributed by atoms with E-state index in [1.54, 1.807) is 7.11 Å². The Kier molecular flexibility index (Phi) is 5.83. The molecule has 2 N–H and O–H groups in total. The van der Waals surface area contributed by atoms with E-state index in [0.29, 0.717) is 0 Å². The zero-order chi connectivity index (χ0) is 8.10. The summed E-state index contributed by atoms with van der Waals surface area (Å²) in [6.07, 6.45) is 0. The lowest BCUT2D eigenvalue weighted by Gasteiger charge is -2.04. The van der Waals surface area contributed by atoms with Crippen molar-refractivity contribution in [1.29, 1.82) is 0 Å². The van der Waals surface area contributed by atoms with Crippen LogP contribution in [0.25, 0.3) is 0 Å². The van der Waals surface area contributed by atoms with Gasteiger partial charge in [-0.25, -0.2) is 5.43 Å². The summed E-state index contributed by atoms with van der Waals surface area (Å²) < 4.78 is 5.00. The van der Waals surface area contributed by atoms with Crippen LogP contribution >= 0.6 is 24.0 Å². The van der Waals surface area contributed by atoms with Crippen molar-refractivity contribution < 1.29 is 4.74 Å². The summed E-state index contributed by atoms with van der Waals surface area (Å²) in [5, 5.41) is 0. The van der Waals surface area contributed by atoms with E-state index in [9.17, 15) is 0 Å². The van der Waals surface area contributed by atoms with Crippen LogP contribution in [0.4, 0.5) is 5.69 Å². The van der Waals surface area contributed by atoms with E-state index in [4.69, 9.17) is 4.74 Å². The molecule has 0 bridgehead atoms. The minimum absolute atomic E-state index is 0. The van der Waals surface area contributed by atoms with Gasteiger partial charge in [0.1, 0.15) is 5.75 Å². The SMILES string of the molecule is CNNc1ccc(OC)cc1.I. The van der Waals surface area contributed by atoms with Crippen molar-refractivity contribution >= 4 is 29.7 Å². The van der Waals surface area contributed by atoms with Crippen LogP contribution in [0.5, 0.6) is 5.75 Å². The normalized spacial score (nSPS) is 8.50. The largest absolute Gasteiger partial charge is 0.497 e. The van der Waals surface area contributed by atoms with Gasteiger partial charge >= 0.3 is 0 Å². The van der Waals surface area contributed by atoms with Gasteiger partial charge in [-0.1, -0.05) is 0 Å². The first kappa shape index (κ1) is 11.5. The molecule has 0 aliphatic rings. The molecule has 1 aromatic rings. The molecule has 0 unspecified atom stereocenters. The summed E-state index contributed by atoms with van der Waals surface area (Å²) in [5.41, 5.74) is 6.81. The van der Waals surface area contributed by atoms with E-state index in [0.717, 1.165) is 11.4 Å². The predicted molar refractivity (Wildman–Crippen MR) is 61.1 cm³/mol. The molecule has 0 aromatic heterocycles. The number of rotatable bonds is 3. The highest BCUT2D eigenvalue weighted by Gasteiger charge is 1.89. The zero-order valence-corrected chi connectivity index (χ0v) is 9.46. The first-order valence-corrected chi connectivity index (χ1v) is 3.43.